The Hall–Kier alpha value is -1.14. The summed E-state index contributed by atoms with van der Waals surface area (Å²) in [6.45, 7) is 4.38. The molecule has 1 amide bonds. The predicted octanol–water partition coefficient (Wildman–Crippen LogP) is 0.288. The summed E-state index contributed by atoms with van der Waals surface area (Å²) < 4.78 is 0. The van der Waals surface area contributed by atoms with Gasteiger partial charge >= 0.3 is 0 Å². The molecule has 6 heteroatoms. The molecule has 0 aliphatic heterocycles. The van der Waals surface area contributed by atoms with Gasteiger partial charge < -0.3 is 5.73 Å². The summed E-state index contributed by atoms with van der Waals surface area (Å²) in [6, 6.07) is 0. The van der Waals surface area contributed by atoms with Crippen molar-refractivity contribution in [2.75, 3.05) is 12.3 Å². The summed E-state index contributed by atoms with van der Waals surface area (Å²) in [7, 11) is 0. The Balaban J connectivity index is 2.70. The van der Waals surface area contributed by atoms with Gasteiger partial charge in [0.2, 0.25) is 0 Å². The van der Waals surface area contributed by atoms with Crippen LogP contribution in [0.1, 0.15) is 22.3 Å². The number of hydrogen-bond acceptors (Lipinski definition) is 5. The highest BCUT2D eigenvalue weighted by Gasteiger charge is 2.12. The Morgan fingerprint density at radius 3 is 2.85 bits per heavy atom. The first-order valence-corrected chi connectivity index (χ1v) is 4.73. The molecule has 72 valence electrons. The second kappa shape index (κ2) is 4.20. The standard InChI is InChI=1S/C7H12N4OS/c1-3-9-11-6(12)5-4(2)13-7(8)10-5/h9H,3H2,1-2H3,(H2,8,10)(H,11,12). The lowest BCUT2D eigenvalue weighted by molar-refractivity contribution is 0.0929. The molecule has 1 heterocycles. The zero-order valence-electron chi connectivity index (χ0n) is 7.55. The Morgan fingerprint density at radius 1 is 1.69 bits per heavy atom. The molecule has 0 aromatic carbocycles. The Kier molecular flexibility index (Phi) is 3.21. The molecular formula is C7H12N4OS. The molecule has 0 saturated carbocycles. The summed E-state index contributed by atoms with van der Waals surface area (Å²) in [4.78, 5) is 16.1. The van der Waals surface area contributed by atoms with Crippen molar-refractivity contribution in [2.45, 2.75) is 13.8 Å². The van der Waals surface area contributed by atoms with Crippen LogP contribution in [0.15, 0.2) is 0 Å². The summed E-state index contributed by atoms with van der Waals surface area (Å²) >= 11 is 1.31. The van der Waals surface area contributed by atoms with Crippen molar-refractivity contribution in [2.24, 2.45) is 0 Å². The molecule has 0 fully saturated rings. The van der Waals surface area contributed by atoms with Gasteiger partial charge in [0.1, 0.15) is 5.69 Å². The minimum Gasteiger partial charge on any atom is -0.375 e. The molecule has 1 aromatic heterocycles. The molecule has 0 aliphatic rings. The lowest BCUT2D eigenvalue weighted by atomic mass is 10.4. The third-order valence-corrected chi connectivity index (χ3v) is 2.21. The topological polar surface area (TPSA) is 80.0 Å². The highest BCUT2D eigenvalue weighted by atomic mass is 32.1. The fourth-order valence-electron chi connectivity index (χ4n) is 0.855. The van der Waals surface area contributed by atoms with Crippen molar-refractivity contribution in [1.82, 2.24) is 15.8 Å². The van der Waals surface area contributed by atoms with E-state index >= 15 is 0 Å². The molecule has 0 atom stereocenters. The average Bonchev–Trinajstić information content (AvgIpc) is 2.41. The fourth-order valence-corrected chi connectivity index (χ4v) is 1.54. The van der Waals surface area contributed by atoms with Crippen LogP contribution in [0.5, 0.6) is 0 Å². The number of carbonyl (C=O) groups is 1. The zero-order chi connectivity index (χ0) is 9.84. The summed E-state index contributed by atoms with van der Waals surface area (Å²) in [5.74, 6) is -0.243. The van der Waals surface area contributed by atoms with E-state index in [1.807, 2.05) is 13.8 Å². The highest BCUT2D eigenvalue weighted by molar-refractivity contribution is 7.15. The van der Waals surface area contributed by atoms with Crippen LogP contribution < -0.4 is 16.6 Å². The minimum absolute atomic E-state index is 0.243. The molecule has 0 bridgehead atoms. The SMILES string of the molecule is CCNNC(=O)c1nc(N)sc1C. The van der Waals surface area contributed by atoms with E-state index in [9.17, 15) is 4.79 Å². The van der Waals surface area contributed by atoms with Crippen LogP contribution >= 0.6 is 11.3 Å². The van der Waals surface area contributed by atoms with Crippen LogP contribution in [-0.2, 0) is 0 Å². The molecule has 0 radical (unpaired) electrons. The van der Waals surface area contributed by atoms with Crippen LogP contribution in [0.4, 0.5) is 5.13 Å². The number of aryl methyl sites for hydroxylation is 1. The summed E-state index contributed by atoms with van der Waals surface area (Å²) in [5, 5.41) is 0.416. The molecular weight excluding hydrogens is 188 g/mol. The van der Waals surface area contributed by atoms with E-state index in [2.05, 4.69) is 15.8 Å². The molecule has 1 rings (SSSR count). The molecule has 0 spiro atoms. The van der Waals surface area contributed by atoms with Crippen LogP contribution in [0.3, 0.4) is 0 Å². The normalized spacial score (nSPS) is 10.0. The van der Waals surface area contributed by atoms with Crippen molar-refractivity contribution >= 4 is 22.4 Å². The van der Waals surface area contributed by atoms with E-state index in [-0.39, 0.29) is 5.91 Å². The number of nitrogens with zero attached hydrogens (tertiary/aromatic N) is 1. The van der Waals surface area contributed by atoms with E-state index in [0.29, 0.717) is 17.4 Å². The second-order valence-corrected chi connectivity index (χ2v) is 3.68. The number of thiazole rings is 1. The number of nitrogen functional groups attached to an aromatic ring is 1. The van der Waals surface area contributed by atoms with E-state index in [0.717, 1.165) is 4.88 Å². The Labute approximate surface area is 80.3 Å². The average molecular weight is 200 g/mol. The van der Waals surface area contributed by atoms with Gasteiger partial charge in [-0.05, 0) is 6.92 Å². The van der Waals surface area contributed by atoms with Crippen LogP contribution in [-0.4, -0.2) is 17.4 Å². The van der Waals surface area contributed by atoms with Gasteiger partial charge in [0.05, 0.1) is 0 Å². The molecule has 1 aromatic rings. The van der Waals surface area contributed by atoms with Gasteiger partial charge in [-0.3, -0.25) is 10.2 Å². The largest absolute Gasteiger partial charge is 0.375 e. The maximum Gasteiger partial charge on any atom is 0.285 e. The Morgan fingerprint density at radius 2 is 2.38 bits per heavy atom. The third kappa shape index (κ3) is 2.40. The summed E-state index contributed by atoms with van der Waals surface area (Å²) in [5.41, 5.74) is 11.1. The first-order chi connectivity index (χ1) is 6.15. The van der Waals surface area contributed by atoms with Gasteiger partial charge in [0, 0.05) is 11.4 Å². The number of amides is 1. The number of anilines is 1. The first kappa shape index (κ1) is 9.94. The maximum absolute atomic E-state index is 11.4. The maximum atomic E-state index is 11.4. The monoisotopic (exact) mass is 200 g/mol. The Bertz CT molecular complexity index is 309. The lowest BCUT2D eigenvalue weighted by Gasteiger charge is -2.02. The summed E-state index contributed by atoms with van der Waals surface area (Å²) in [6.07, 6.45) is 0. The van der Waals surface area contributed by atoms with Crippen LogP contribution in [0.25, 0.3) is 0 Å². The van der Waals surface area contributed by atoms with Gasteiger partial charge in [-0.25, -0.2) is 10.4 Å². The quantitative estimate of drug-likeness (QED) is 0.613. The molecule has 0 saturated heterocycles. The van der Waals surface area contributed by atoms with Crippen molar-refractivity contribution in [1.29, 1.82) is 0 Å². The number of hydrazine groups is 1. The minimum atomic E-state index is -0.243. The number of aromatic nitrogens is 1. The number of carbonyl (C=O) groups excluding carboxylic acids is 1. The van der Waals surface area contributed by atoms with E-state index in [4.69, 9.17) is 5.73 Å². The predicted molar refractivity (Wildman–Crippen MR) is 52.4 cm³/mol. The zero-order valence-corrected chi connectivity index (χ0v) is 8.36. The van der Waals surface area contributed by atoms with E-state index in [1.165, 1.54) is 11.3 Å². The van der Waals surface area contributed by atoms with Gasteiger partial charge in [-0.15, -0.1) is 11.3 Å². The van der Waals surface area contributed by atoms with Gasteiger partial charge in [0.15, 0.2) is 5.13 Å². The smallest absolute Gasteiger partial charge is 0.285 e. The molecule has 5 nitrogen and oxygen atoms in total. The molecule has 4 N–H and O–H groups in total. The van der Waals surface area contributed by atoms with Gasteiger partial charge in [-0.1, -0.05) is 6.92 Å². The van der Waals surface area contributed by atoms with Crippen molar-refractivity contribution < 1.29 is 4.79 Å². The lowest BCUT2D eigenvalue weighted by Crippen LogP contribution is -2.37. The number of nitrogens with one attached hydrogen (secondary N) is 2. The van der Waals surface area contributed by atoms with E-state index < -0.39 is 0 Å². The molecule has 0 aliphatic carbocycles. The second-order valence-electron chi connectivity index (χ2n) is 2.44. The van der Waals surface area contributed by atoms with Gasteiger partial charge in [0.25, 0.3) is 5.91 Å². The molecule has 13 heavy (non-hydrogen) atoms. The van der Waals surface area contributed by atoms with Crippen molar-refractivity contribution in [3.8, 4) is 0 Å². The molecule has 0 unspecified atom stereocenters. The third-order valence-electron chi connectivity index (χ3n) is 1.41. The number of nitrogens with two attached hydrogens (primary N) is 1. The fraction of sp³-hybridized carbons (Fsp3) is 0.429. The van der Waals surface area contributed by atoms with Crippen LogP contribution in [0, 0.1) is 6.92 Å². The van der Waals surface area contributed by atoms with Crippen LogP contribution in [0.2, 0.25) is 0 Å². The van der Waals surface area contributed by atoms with Gasteiger partial charge in [-0.2, -0.15) is 0 Å². The van der Waals surface area contributed by atoms with Crippen molar-refractivity contribution in [3.05, 3.63) is 10.6 Å². The highest BCUT2D eigenvalue weighted by Crippen LogP contribution is 2.18. The van der Waals surface area contributed by atoms with Crippen molar-refractivity contribution in [3.63, 3.8) is 0 Å². The number of hydrogen-bond donors (Lipinski definition) is 3. The number of rotatable bonds is 3. The first-order valence-electron chi connectivity index (χ1n) is 3.91. The van der Waals surface area contributed by atoms with E-state index in [1.54, 1.807) is 0 Å².